The van der Waals surface area contributed by atoms with Crippen molar-refractivity contribution in [2.24, 2.45) is 9.98 Å². The average Bonchev–Trinajstić information content (AvgIpc) is 3.23. The zero-order valence-electron chi connectivity index (χ0n) is 18.7. The number of rotatable bonds is 4. The van der Waals surface area contributed by atoms with E-state index in [1.165, 1.54) is 5.56 Å². The molecule has 33 heavy (non-hydrogen) atoms. The molecular formula is C30H24N2O. The van der Waals surface area contributed by atoms with Gasteiger partial charge in [0, 0.05) is 27.6 Å². The van der Waals surface area contributed by atoms with Gasteiger partial charge in [0.2, 0.25) is 0 Å². The van der Waals surface area contributed by atoms with Gasteiger partial charge < -0.3 is 4.42 Å². The molecule has 0 spiro atoms. The van der Waals surface area contributed by atoms with Crippen LogP contribution in [0.1, 0.15) is 29.2 Å². The van der Waals surface area contributed by atoms with Crippen molar-refractivity contribution in [1.29, 1.82) is 0 Å². The average molecular weight is 429 g/mol. The summed E-state index contributed by atoms with van der Waals surface area (Å²) in [7, 11) is 0. The molecule has 0 fully saturated rings. The first kappa shape index (κ1) is 20.7. The van der Waals surface area contributed by atoms with Gasteiger partial charge in [0.1, 0.15) is 11.2 Å². The monoisotopic (exact) mass is 428 g/mol. The van der Waals surface area contributed by atoms with Crippen LogP contribution in [-0.4, -0.2) is 11.5 Å². The topological polar surface area (TPSA) is 37.9 Å². The highest BCUT2D eigenvalue weighted by molar-refractivity contribution is 6.21. The lowest BCUT2D eigenvalue weighted by Crippen LogP contribution is -2.04. The molecule has 5 rings (SSSR count). The zero-order valence-corrected chi connectivity index (χ0v) is 18.7. The van der Waals surface area contributed by atoms with Crippen molar-refractivity contribution < 1.29 is 4.42 Å². The third kappa shape index (κ3) is 4.13. The van der Waals surface area contributed by atoms with Gasteiger partial charge in [-0.15, -0.1) is 0 Å². The molecule has 0 radical (unpaired) electrons. The molecule has 4 aromatic carbocycles. The summed E-state index contributed by atoms with van der Waals surface area (Å²) in [5.74, 6) is 0.629. The minimum atomic E-state index is 0.629. The molecule has 0 N–H and O–H groups in total. The van der Waals surface area contributed by atoms with Crippen LogP contribution >= 0.6 is 0 Å². The summed E-state index contributed by atoms with van der Waals surface area (Å²) >= 11 is 0. The van der Waals surface area contributed by atoms with Crippen LogP contribution in [0.3, 0.4) is 0 Å². The molecule has 0 amide bonds. The van der Waals surface area contributed by atoms with Gasteiger partial charge in [0.05, 0.1) is 5.70 Å². The lowest BCUT2D eigenvalue weighted by Gasteiger charge is -2.08. The number of aryl methyl sites for hydroxylation is 1. The number of fused-ring (bicyclic) bond motifs is 3. The second kappa shape index (κ2) is 8.71. The lowest BCUT2D eigenvalue weighted by atomic mass is 10.0. The molecule has 0 unspecified atom stereocenters. The Morgan fingerprint density at radius 1 is 0.727 bits per heavy atom. The number of nitrogens with zero attached hydrogens (tertiary/aromatic N) is 2. The molecule has 1 heterocycles. The Labute approximate surface area is 193 Å². The molecule has 0 aliphatic heterocycles. The summed E-state index contributed by atoms with van der Waals surface area (Å²) in [6.45, 7) is 8.31. The van der Waals surface area contributed by atoms with E-state index < -0.39 is 0 Å². The van der Waals surface area contributed by atoms with Gasteiger partial charge in [-0.3, -0.25) is 0 Å². The Balaban J connectivity index is 1.65. The number of hydrogen-bond acceptors (Lipinski definition) is 2. The van der Waals surface area contributed by atoms with E-state index in [0.717, 1.165) is 44.3 Å². The molecular weight excluding hydrogens is 404 g/mol. The Morgan fingerprint density at radius 3 is 2.24 bits per heavy atom. The van der Waals surface area contributed by atoms with Crippen molar-refractivity contribution in [3.8, 4) is 0 Å². The van der Waals surface area contributed by atoms with Crippen molar-refractivity contribution in [3.63, 3.8) is 0 Å². The predicted octanol–water partition coefficient (Wildman–Crippen LogP) is 7.82. The van der Waals surface area contributed by atoms with Crippen LogP contribution in [0.25, 0.3) is 27.6 Å². The molecule has 0 aliphatic rings. The van der Waals surface area contributed by atoms with Crippen LogP contribution in [0.4, 0.5) is 0 Å². The molecule has 0 saturated heterocycles. The minimum Gasteiger partial charge on any atom is -0.456 e. The van der Waals surface area contributed by atoms with Crippen molar-refractivity contribution in [2.75, 3.05) is 0 Å². The van der Waals surface area contributed by atoms with E-state index in [1.807, 2.05) is 79.7 Å². The largest absolute Gasteiger partial charge is 0.456 e. The van der Waals surface area contributed by atoms with Gasteiger partial charge in [0.15, 0.2) is 5.84 Å². The second-order valence-electron chi connectivity index (χ2n) is 8.09. The number of furan rings is 1. The van der Waals surface area contributed by atoms with E-state index in [9.17, 15) is 0 Å². The smallest absolute Gasteiger partial charge is 0.160 e. The van der Waals surface area contributed by atoms with Crippen LogP contribution in [0.15, 0.2) is 118 Å². The molecule has 0 atom stereocenters. The van der Waals surface area contributed by atoms with Crippen molar-refractivity contribution in [3.05, 3.63) is 126 Å². The van der Waals surface area contributed by atoms with Crippen molar-refractivity contribution in [1.82, 2.24) is 0 Å². The van der Waals surface area contributed by atoms with Gasteiger partial charge >= 0.3 is 0 Å². The highest BCUT2D eigenvalue weighted by Crippen LogP contribution is 2.31. The van der Waals surface area contributed by atoms with Crippen molar-refractivity contribution >= 4 is 39.2 Å². The van der Waals surface area contributed by atoms with E-state index in [0.29, 0.717) is 11.5 Å². The zero-order chi connectivity index (χ0) is 22.8. The number of benzene rings is 4. The fourth-order valence-electron chi connectivity index (χ4n) is 4.05. The van der Waals surface area contributed by atoms with E-state index in [-0.39, 0.29) is 0 Å². The number of amidine groups is 1. The first-order valence-corrected chi connectivity index (χ1v) is 11.0. The molecule has 0 aliphatic carbocycles. The van der Waals surface area contributed by atoms with Gasteiger partial charge in [-0.1, -0.05) is 91.0 Å². The Kier molecular flexibility index (Phi) is 5.45. The van der Waals surface area contributed by atoms with Gasteiger partial charge in [-0.05, 0) is 37.6 Å². The number of para-hydroxylation sites is 1. The summed E-state index contributed by atoms with van der Waals surface area (Å²) in [6, 6.07) is 32.4. The van der Waals surface area contributed by atoms with Crippen LogP contribution in [0.2, 0.25) is 0 Å². The van der Waals surface area contributed by atoms with Gasteiger partial charge in [0.25, 0.3) is 0 Å². The first-order valence-electron chi connectivity index (χ1n) is 11.0. The van der Waals surface area contributed by atoms with Crippen molar-refractivity contribution in [2.45, 2.75) is 13.8 Å². The molecule has 3 heteroatoms. The first-order chi connectivity index (χ1) is 16.1. The van der Waals surface area contributed by atoms with Crippen LogP contribution in [0, 0.1) is 6.92 Å². The van der Waals surface area contributed by atoms with E-state index in [4.69, 9.17) is 14.4 Å². The second-order valence-corrected chi connectivity index (χ2v) is 8.09. The third-order valence-corrected chi connectivity index (χ3v) is 5.69. The maximum Gasteiger partial charge on any atom is 0.160 e. The summed E-state index contributed by atoms with van der Waals surface area (Å²) in [5.41, 5.74) is 7.40. The predicted molar refractivity (Wildman–Crippen MR) is 139 cm³/mol. The standard InChI is InChI=1S/C30H24N2O/c1-20-11-9-14-24(19-20)21(2)31-30(23-12-5-4-6-13-23)32-22(3)25-16-10-18-28-29(25)26-15-7-8-17-27(26)33-28/h4-19H,2H2,1,3H3. The van der Waals surface area contributed by atoms with Crippen LogP contribution < -0.4 is 0 Å². The minimum absolute atomic E-state index is 0.629. The molecule has 1 aromatic heterocycles. The number of aliphatic imine (C=N–C) groups is 2. The van der Waals surface area contributed by atoms with E-state index >= 15 is 0 Å². The summed E-state index contributed by atoms with van der Waals surface area (Å²) in [4.78, 5) is 9.87. The van der Waals surface area contributed by atoms with Crippen LogP contribution in [0.5, 0.6) is 0 Å². The summed E-state index contributed by atoms with van der Waals surface area (Å²) < 4.78 is 6.07. The molecule has 160 valence electrons. The lowest BCUT2D eigenvalue weighted by molar-refractivity contribution is 0.669. The fraction of sp³-hybridized carbons (Fsp3) is 0.0667. The quantitative estimate of drug-likeness (QED) is 0.212. The Hall–Kier alpha value is -4.24. The van der Waals surface area contributed by atoms with E-state index in [1.54, 1.807) is 0 Å². The highest BCUT2D eigenvalue weighted by Gasteiger charge is 2.13. The van der Waals surface area contributed by atoms with Crippen LogP contribution in [-0.2, 0) is 0 Å². The molecule has 0 bridgehead atoms. The maximum absolute atomic E-state index is 6.07. The molecule has 5 aromatic rings. The summed E-state index contributed by atoms with van der Waals surface area (Å²) in [6.07, 6.45) is 0. The van der Waals surface area contributed by atoms with Gasteiger partial charge in [-0.2, -0.15) is 0 Å². The Morgan fingerprint density at radius 2 is 1.42 bits per heavy atom. The van der Waals surface area contributed by atoms with E-state index in [2.05, 4.69) is 37.8 Å². The Bertz CT molecular complexity index is 1540. The fourth-order valence-corrected chi connectivity index (χ4v) is 4.05. The third-order valence-electron chi connectivity index (χ3n) is 5.69. The highest BCUT2D eigenvalue weighted by atomic mass is 16.3. The maximum atomic E-state index is 6.07. The number of hydrogen-bond donors (Lipinski definition) is 0. The SMILES string of the molecule is C=C(N=C(N=C(C)c1cccc2oc3ccccc3c12)c1ccccc1)c1cccc(C)c1. The molecule has 3 nitrogen and oxygen atoms in total. The summed E-state index contributed by atoms with van der Waals surface area (Å²) in [5, 5.41) is 2.15. The van der Waals surface area contributed by atoms with Gasteiger partial charge in [-0.25, -0.2) is 9.98 Å². The normalized spacial score (nSPS) is 12.4. The molecule has 0 saturated carbocycles.